The molecule has 0 heterocycles. The maximum atomic E-state index is 9.15. The molecule has 1 aromatic rings. The van der Waals surface area contributed by atoms with Gasteiger partial charge in [-0.25, -0.2) is 0 Å². The highest BCUT2D eigenvalue weighted by molar-refractivity contribution is 7.79. The van der Waals surface area contributed by atoms with Crippen LogP contribution in [0.3, 0.4) is 0 Å². The van der Waals surface area contributed by atoms with E-state index in [1.807, 2.05) is 30.3 Å². The molecule has 0 saturated heterocycles. The minimum Gasteiger partial charge on any atom is -0.349 e. The van der Waals surface area contributed by atoms with E-state index in [1.165, 1.54) is 6.92 Å². The van der Waals surface area contributed by atoms with Crippen LogP contribution in [0.25, 0.3) is 0 Å². The Labute approximate surface area is 83.0 Å². The number of hydrogen-bond donors (Lipinski definition) is 3. The molecule has 5 heteroatoms. The van der Waals surface area contributed by atoms with Crippen LogP contribution in [0.4, 0.5) is 5.69 Å². The largest absolute Gasteiger partial charge is 0.349 e. The van der Waals surface area contributed by atoms with Crippen molar-refractivity contribution in [3.8, 4) is 0 Å². The van der Waals surface area contributed by atoms with Gasteiger partial charge in [-0.15, -0.1) is 0 Å². The summed E-state index contributed by atoms with van der Waals surface area (Å²) in [4.78, 5) is 18.3. The summed E-state index contributed by atoms with van der Waals surface area (Å²) >= 11 is 0. The predicted molar refractivity (Wildman–Crippen MR) is 61.7 cm³/mol. The normalized spacial score (nSPS) is 12.6. The highest BCUT2D eigenvalue weighted by atomic mass is 31.2. The van der Waals surface area contributed by atoms with Crippen LogP contribution in [-0.2, 0) is 0 Å². The first-order chi connectivity index (χ1) is 6.50. The van der Waals surface area contributed by atoms with Gasteiger partial charge in [-0.3, -0.25) is 5.43 Å². The van der Waals surface area contributed by atoms with E-state index in [4.69, 9.17) is 9.79 Å². The second-order valence-electron chi connectivity index (χ2n) is 2.87. The lowest BCUT2D eigenvalue weighted by molar-refractivity contribution is 0.494. The number of benzene rings is 1. The Bertz CT molecular complexity index is 370. The van der Waals surface area contributed by atoms with E-state index < -0.39 is 7.34 Å². The standard InChI is InChI=1S/C9H13N2O2P/c1-8(14(2,12)13)10-11-9-6-4-3-5-7-9/h3-7,11-13H,2H2,1H3. The summed E-state index contributed by atoms with van der Waals surface area (Å²) in [5.74, 6) is 0. The van der Waals surface area contributed by atoms with Crippen LogP contribution in [0.5, 0.6) is 0 Å². The SMILES string of the molecule is C=P(O)(O)C(C)=NNc1ccccc1. The fourth-order valence-corrected chi connectivity index (χ4v) is 0.948. The molecule has 1 rings (SSSR count). The van der Waals surface area contributed by atoms with Gasteiger partial charge in [0.2, 0.25) is 0 Å². The van der Waals surface area contributed by atoms with Crippen molar-refractivity contribution in [1.29, 1.82) is 0 Å². The third-order valence-corrected chi connectivity index (χ3v) is 2.78. The van der Waals surface area contributed by atoms with Gasteiger partial charge >= 0.3 is 0 Å². The molecule has 1 aromatic carbocycles. The van der Waals surface area contributed by atoms with Gasteiger partial charge in [-0.05, 0) is 25.4 Å². The molecule has 0 saturated carbocycles. The molecule has 0 fully saturated rings. The van der Waals surface area contributed by atoms with Crippen LogP contribution in [0.1, 0.15) is 6.92 Å². The van der Waals surface area contributed by atoms with Crippen molar-refractivity contribution < 1.29 is 9.79 Å². The number of anilines is 1. The molecule has 0 aliphatic carbocycles. The van der Waals surface area contributed by atoms with Crippen LogP contribution in [0.2, 0.25) is 0 Å². The van der Waals surface area contributed by atoms with Gasteiger partial charge in [0.1, 0.15) is 5.45 Å². The Morgan fingerprint density at radius 1 is 1.36 bits per heavy atom. The molecule has 0 bridgehead atoms. The average molecular weight is 212 g/mol. The Morgan fingerprint density at radius 3 is 2.43 bits per heavy atom. The lowest BCUT2D eigenvalue weighted by atomic mass is 10.3. The maximum absolute atomic E-state index is 9.15. The number of hydrogen-bond acceptors (Lipinski definition) is 4. The van der Waals surface area contributed by atoms with E-state index in [0.717, 1.165) is 5.69 Å². The van der Waals surface area contributed by atoms with E-state index in [2.05, 4.69) is 16.8 Å². The van der Waals surface area contributed by atoms with Gasteiger partial charge in [-0.2, -0.15) is 5.10 Å². The molecule has 0 atom stereocenters. The molecule has 0 spiro atoms. The summed E-state index contributed by atoms with van der Waals surface area (Å²) in [6.45, 7) is 1.52. The van der Waals surface area contributed by atoms with Crippen LogP contribution < -0.4 is 5.43 Å². The number of hydrazone groups is 1. The zero-order chi connectivity index (χ0) is 10.6. The Morgan fingerprint density at radius 2 is 1.93 bits per heavy atom. The first-order valence-corrected chi connectivity index (χ1v) is 5.93. The van der Waals surface area contributed by atoms with E-state index in [1.54, 1.807) is 0 Å². The van der Waals surface area contributed by atoms with E-state index in [0.29, 0.717) is 0 Å². The first-order valence-electron chi connectivity index (χ1n) is 4.05. The fourth-order valence-electron chi connectivity index (χ4n) is 0.738. The summed E-state index contributed by atoms with van der Waals surface area (Å²) in [5, 5.41) is 3.82. The molecule has 76 valence electrons. The second kappa shape index (κ2) is 4.42. The topological polar surface area (TPSA) is 64.8 Å². The highest BCUT2D eigenvalue weighted by Crippen LogP contribution is 2.35. The minimum atomic E-state index is -3.21. The lowest BCUT2D eigenvalue weighted by Crippen LogP contribution is -1.98. The molecule has 14 heavy (non-hydrogen) atoms. The Hall–Kier alpha value is -1.09. The zero-order valence-electron chi connectivity index (χ0n) is 7.88. The number of rotatable bonds is 3. The second-order valence-corrected chi connectivity index (χ2v) is 4.98. The van der Waals surface area contributed by atoms with Gasteiger partial charge in [0.15, 0.2) is 7.34 Å². The zero-order valence-corrected chi connectivity index (χ0v) is 8.78. The van der Waals surface area contributed by atoms with Crippen molar-refractivity contribution in [3.05, 3.63) is 30.3 Å². The van der Waals surface area contributed by atoms with Crippen molar-refractivity contribution in [2.75, 3.05) is 5.43 Å². The van der Waals surface area contributed by atoms with Crippen molar-refractivity contribution >= 4 is 24.8 Å². The number of nitrogens with one attached hydrogen (secondary N) is 1. The maximum Gasteiger partial charge on any atom is 0.157 e. The van der Waals surface area contributed by atoms with Gasteiger partial charge in [0.05, 0.1) is 5.69 Å². The van der Waals surface area contributed by atoms with Gasteiger partial charge < -0.3 is 9.79 Å². The molecule has 0 unspecified atom stereocenters. The Kier molecular flexibility index (Phi) is 3.47. The molecule has 0 aliphatic rings. The summed E-state index contributed by atoms with van der Waals surface area (Å²) in [5.41, 5.74) is 3.71. The summed E-state index contributed by atoms with van der Waals surface area (Å²) in [6.07, 6.45) is 3.23. The molecule has 4 nitrogen and oxygen atoms in total. The van der Waals surface area contributed by atoms with Crippen LogP contribution in [0.15, 0.2) is 35.4 Å². The summed E-state index contributed by atoms with van der Waals surface area (Å²) in [6, 6.07) is 9.26. The number of nitrogens with zero attached hydrogens (tertiary/aromatic N) is 1. The smallest absolute Gasteiger partial charge is 0.157 e. The molecular weight excluding hydrogens is 199 g/mol. The van der Waals surface area contributed by atoms with Crippen molar-refractivity contribution in [1.82, 2.24) is 0 Å². The molecule has 0 radical (unpaired) electrons. The predicted octanol–water partition coefficient (Wildman–Crippen LogP) is 1.70. The van der Waals surface area contributed by atoms with Crippen LogP contribution >= 0.6 is 7.34 Å². The number of para-hydroxylation sites is 1. The van der Waals surface area contributed by atoms with E-state index in [-0.39, 0.29) is 5.45 Å². The quantitative estimate of drug-likeness (QED) is 0.406. The van der Waals surface area contributed by atoms with Gasteiger partial charge in [-0.1, -0.05) is 18.2 Å². The first kappa shape index (κ1) is 11.0. The van der Waals surface area contributed by atoms with Crippen molar-refractivity contribution in [2.24, 2.45) is 5.10 Å². The van der Waals surface area contributed by atoms with Crippen molar-refractivity contribution in [2.45, 2.75) is 6.92 Å². The summed E-state index contributed by atoms with van der Waals surface area (Å²) in [7, 11) is -3.21. The minimum absolute atomic E-state index is 0.210. The van der Waals surface area contributed by atoms with Crippen molar-refractivity contribution in [3.63, 3.8) is 0 Å². The average Bonchev–Trinajstić information content (AvgIpc) is 2.14. The molecule has 3 N–H and O–H groups in total. The third kappa shape index (κ3) is 3.34. The van der Waals surface area contributed by atoms with Gasteiger partial charge in [0, 0.05) is 0 Å². The van der Waals surface area contributed by atoms with E-state index >= 15 is 0 Å². The Balaban J connectivity index is 2.69. The van der Waals surface area contributed by atoms with Gasteiger partial charge in [0.25, 0.3) is 0 Å². The monoisotopic (exact) mass is 212 g/mol. The van der Waals surface area contributed by atoms with E-state index in [9.17, 15) is 0 Å². The molecular formula is C9H13N2O2P. The fraction of sp³-hybridized carbons (Fsp3) is 0.111. The molecule has 0 aromatic heterocycles. The van der Waals surface area contributed by atoms with Crippen LogP contribution in [0, 0.1) is 0 Å². The third-order valence-electron chi connectivity index (χ3n) is 1.64. The lowest BCUT2D eigenvalue weighted by Gasteiger charge is -2.09. The van der Waals surface area contributed by atoms with Crippen LogP contribution in [-0.4, -0.2) is 21.5 Å². The molecule has 0 aliphatic heterocycles. The molecule has 0 amide bonds. The summed E-state index contributed by atoms with van der Waals surface area (Å²) < 4.78 is 0. The highest BCUT2D eigenvalue weighted by Gasteiger charge is 2.08.